The Morgan fingerprint density at radius 3 is 2.04 bits per heavy atom. The van der Waals surface area contributed by atoms with E-state index in [2.05, 4.69) is 16.6 Å². The number of hydrogen-bond acceptors (Lipinski definition) is 3. The second-order valence-corrected chi connectivity index (χ2v) is 6.95. The maximum Gasteiger partial charge on any atom is 0.281 e. The highest BCUT2D eigenvalue weighted by Gasteiger charge is 2.40. The van der Waals surface area contributed by atoms with Crippen LogP contribution in [0.25, 0.3) is 0 Å². The minimum absolute atomic E-state index is 0.503. The zero-order valence-electron chi connectivity index (χ0n) is 15.5. The van der Waals surface area contributed by atoms with Crippen LogP contribution >= 0.6 is 0 Å². The Morgan fingerprint density at radius 1 is 0.821 bits per heavy atom. The number of hydrogen-bond donors (Lipinski definition) is 2. The van der Waals surface area contributed by atoms with Crippen LogP contribution in [0.3, 0.4) is 0 Å². The Hall–Kier alpha value is -3.24. The molecular formula is C24H22N2O2. The molecule has 0 bridgehead atoms. The van der Waals surface area contributed by atoms with Gasteiger partial charge in [0.15, 0.2) is 5.60 Å². The Morgan fingerprint density at radius 2 is 1.39 bits per heavy atom. The molecule has 0 spiro atoms. The third kappa shape index (κ3) is 3.35. The van der Waals surface area contributed by atoms with Crippen LogP contribution in [0.5, 0.6) is 0 Å². The second kappa shape index (κ2) is 7.79. The van der Waals surface area contributed by atoms with E-state index in [1.165, 1.54) is 5.56 Å². The summed E-state index contributed by atoms with van der Waals surface area (Å²) in [6, 6.07) is 26.0. The van der Waals surface area contributed by atoms with Crippen molar-refractivity contribution in [1.29, 1.82) is 0 Å². The quantitative estimate of drug-likeness (QED) is 0.687. The number of carbonyl (C=O) groups is 1. The third-order valence-corrected chi connectivity index (χ3v) is 5.19. The van der Waals surface area contributed by atoms with E-state index in [1.807, 2.05) is 30.3 Å². The average molecular weight is 370 g/mol. The number of amides is 1. The van der Waals surface area contributed by atoms with Gasteiger partial charge in [-0.25, -0.2) is 5.43 Å². The molecule has 0 unspecified atom stereocenters. The lowest BCUT2D eigenvalue weighted by Gasteiger charge is -2.27. The van der Waals surface area contributed by atoms with Gasteiger partial charge >= 0.3 is 0 Å². The van der Waals surface area contributed by atoms with Crippen LogP contribution in [-0.4, -0.2) is 16.7 Å². The average Bonchev–Trinajstić information content (AvgIpc) is 2.78. The van der Waals surface area contributed by atoms with Crippen LogP contribution in [0.4, 0.5) is 0 Å². The summed E-state index contributed by atoms with van der Waals surface area (Å²) < 4.78 is 0. The topological polar surface area (TPSA) is 61.7 Å². The van der Waals surface area contributed by atoms with Gasteiger partial charge in [0.05, 0.1) is 5.71 Å². The van der Waals surface area contributed by atoms with Gasteiger partial charge in [-0.2, -0.15) is 5.10 Å². The molecule has 0 aromatic heterocycles. The number of carbonyl (C=O) groups excluding carboxylic acids is 1. The first kappa shape index (κ1) is 18.1. The Kier molecular flexibility index (Phi) is 5.04. The van der Waals surface area contributed by atoms with E-state index in [0.717, 1.165) is 30.5 Å². The molecule has 1 aliphatic rings. The minimum Gasteiger partial charge on any atom is -0.372 e. The summed E-state index contributed by atoms with van der Waals surface area (Å²) in [6.07, 6.45) is 2.81. The minimum atomic E-state index is -1.82. The van der Waals surface area contributed by atoms with Crippen molar-refractivity contribution in [2.45, 2.75) is 24.9 Å². The van der Waals surface area contributed by atoms with Crippen LogP contribution in [0.15, 0.2) is 90.0 Å². The van der Waals surface area contributed by atoms with Gasteiger partial charge < -0.3 is 5.11 Å². The van der Waals surface area contributed by atoms with Crippen molar-refractivity contribution in [3.05, 3.63) is 107 Å². The van der Waals surface area contributed by atoms with E-state index < -0.39 is 11.5 Å². The molecule has 3 aromatic rings. The van der Waals surface area contributed by atoms with Crippen LogP contribution < -0.4 is 5.43 Å². The van der Waals surface area contributed by atoms with E-state index in [4.69, 9.17) is 0 Å². The number of rotatable bonds is 4. The summed E-state index contributed by atoms with van der Waals surface area (Å²) in [5.41, 5.74) is 4.97. The zero-order valence-corrected chi connectivity index (χ0v) is 15.5. The summed E-state index contributed by atoms with van der Waals surface area (Å²) >= 11 is 0. The van der Waals surface area contributed by atoms with E-state index in [1.54, 1.807) is 48.5 Å². The fourth-order valence-electron chi connectivity index (χ4n) is 3.70. The van der Waals surface area contributed by atoms with Crippen LogP contribution in [-0.2, 0) is 16.8 Å². The van der Waals surface area contributed by atoms with Crippen molar-refractivity contribution in [3.8, 4) is 0 Å². The van der Waals surface area contributed by atoms with Crippen molar-refractivity contribution in [2.24, 2.45) is 5.10 Å². The molecule has 0 radical (unpaired) electrons. The largest absolute Gasteiger partial charge is 0.372 e. The molecule has 0 saturated carbocycles. The van der Waals surface area contributed by atoms with E-state index >= 15 is 0 Å². The van der Waals surface area contributed by atoms with Crippen LogP contribution in [0.1, 0.15) is 35.1 Å². The summed E-state index contributed by atoms with van der Waals surface area (Å²) in [5, 5.41) is 15.9. The molecule has 0 fully saturated rings. The molecule has 0 heterocycles. The maximum absolute atomic E-state index is 13.2. The molecule has 0 atom stereocenters. The Balaban J connectivity index is 1.68. The monoisotopic (exact) mass is 370 g/mol. The predicted octanol–water partition coefficient (Wildman–Crippen LogP) is 3.78. The third-order valence-electron chi connectivity index (χ3n) is 5.19. The number of aryl methyl sites for hydroxylation is 1. The first-order valence-corrected chi connectivity index (χ1v) is 9.48. The molecule has 140 valence electrons. The highest BCUT2D eigenvalue weighted by Crippen LogP contribution is 2.30. The number of nitrogens with one attached hydrogen (secondary N) is 1. The summed E-state index contributed by atoms with van der Waals surface area (Å²) in [5.74, 6) is -0.569. The highest BCUT2D eigenvalue weighted by molar-refractivity contribution is 6.03. The fourth-order valence-corrected chi connectivity index (χ4v) is 3.70. The number of hydrazone groups is 1. The van der Waals surface area contributed by atoms with Crippen molar-refractivity contribution < 1.29 is 9.90 Å². The summed E-state index contributed by atoms with van der Waals surface area (Å²) in [6.45, 7) is 0. The summed E-state index contributed by atoms with van der Waals surface area (Å²) in [7, 11) is 0. The van der Waals surface area contributed by atoms with E-state index in [0.29, 0.717) is 11.1 Å². The fraction of sp³-hybridized carbons (Fsp3) is 0.167. The van der Waals surface area contributed by atoms with Gasteiger partial charge in [0.25, 0.3) is 5.91 Å². The number of fused-ring (bicyclic) bond motifs is 1. The van der Waals surface area contributed by atoms with Crippen molar-refractivity contribution in [2.75, 3.05) is 0 Å². The number of nitrogens with zero attached hydrogens (tertiary/aromatic N) is 1. The molecular weight excluding hydrogens is 348 g/mol. The molecule has 1 amide bonds. The predicted molar refractivity (Wildman–Crippen MR) is 110 cm³/mol. The molecule has 4 nitrogen and oxygen atoms in total. The van der Waals surface area contributed by atoms with Gasteiger partial charge in [0.2, 0.25) is 0 Å². The molecule has 0 saturated heterocycles. The van der Waals surface area contributed by atoms with Gasteiger partial charge in [0, 0.05) is 5.56 Å². The van der Waals surface area contributed by atoms with Gasteiger partial charge in [-0.3, -0.25) is 4.79 Å². The van der Waals surface area contributed by atoms with E-state index in [9.17, 15) is 9.90 Å². The lowest BCUT2D eigenvalue weighted by atomic mass is 9.85. The second-order valence-electron chi connectivity index (χ2n) is 6.95. The first-order valence-electron chi connectivity index (χ1n) is 9.48. The van der Waals surface area contributed by atoms with Crippen LogP contribution in [0.2, 0.25) is 0 Å². The van der Waals surface area contributed by atoms with Crippen molar-refractivity contribution >= 4 is 11.6 Å². The van der Waals surface area contributed by atoms with Gasteiger partial charge in [-0.15, -0.1) is 0 Å². The standard InChI is InChI=1S/C24H22N2O2/c27-23(26-25-22-17-9-11-18-10-7-8-16-21(18)22)24(28,19-12-3-1-4-13-19)20-14-5-2-6-15-20/h1-8,10,12-16,28H,9,11,17H2,(H,26,27). The van der Waals surface area contributed by atoms with Crippen LogP contribution in [0, 0.1) is 0 Å². The molecule has 2 N–H and O–H groups in total. The smallest absolute Gasteiger partial charge is 0.281 e. The molecule has 4 rings (SSSR count). The van der Waals surface area contributed by atoms with Gasteiger partial charge in [-0.05, 0) is 36.0 Å². The van der Waals surface area contributed by atoms with Gasteiger partial charge in [0.1, 0.15) is 0 Å². The van der Waals surface area contributed by atoms with Crippen molar-refractivity contribution in [1.82, 2.24) is 5.43 Å². The SMILES string of the molecule is O=C(NN=C1CCCc2ccccc21)C(O)(c1ccccc1)c1ccccc1. The molecule has 4 heteroatoms. The van der Waals surface area contributed by atoms with Crippen molar-refractivity contribution in [3.63, 3.8) is 0 Å². The highest BCUT2D eigenvalue weighted by atomic mass is 16.3. The number of benzene rings is 3. The summed E-state index contributed by atoms with van der Waals surface area (Å²) in [4.78, 5) is 13.2. The zero-order chi connectivity index (χ0) is 19.4. The first-order chi connectivity index (χ1) is 13.7. The Bertz CT molecular complexity index is 958. The van der Waals surface area contributed by atoms with E-state index in [-0.39, 0.29) is 0 Å². The maximum atomic E-state index is 13.2. The van der Waals surface area contributed by atoms with Gasteiger partial charge in [-0.1, -0.05) is 84.9 Å². The normalized spacial score (nSPS) is 15.1. The molecule has 3 aromatic carbocycles. The Labute approximate surface area is 164 Å². The number of aliphatic hydroxyl groups is 1. The molecule has 1 aliphatic carbocycles. The molecule has 28 heavy (non-hydrogen) atoms. The lowest BCUT2D eigenvalue weighted by Crippen LogP contribution is -2.44. The molecule has 0 aliphatic heterocycles. The lowest BCUT2D eigenvalue weighted by molar-refractivity contribution is -0.136.